The van der Waals surface area contributed by atoms with Crippen molar-refractivity contribution in [2.45, 2.75) is 13.3 Å². The van der Waals surface area contributed by atoms with Crippen molar-refractivity contribution in [3.63, 3.8) is 0 Å². The minimum absolute atomic E-state index is 0.244. The topological polar surface area (TPSA) is 22.1 Å². The Hall–Kier alpha value is -0.710. The number of hydrogen-bond donors (Lipinski definition) is 0. The molecule has 0 fully saturated rings. The van der Waals surface area contributed by atoms with Crippen LogP contribution in [-0.2, 0) is 0 Å². The molecule has 2 nitrogen and oxygen atoms in total. The molecule has 13 heavy (non-hydrogen) atoms. The van der Waals surface area contributed by atoms with Crippen molar-refractivity contribution in [2.75, 3.05) is 7.11 Å². The van der Waals surface area contributed by atoms with Crippen LogP contribution in [0.15, 0.2) is 10.7 Å². The smallest absolute Gasteiger partial charge is 0.280 e. The maximum Gasteiger partial charge on any atom is 0.280 e. The molecule has 0 aromatic carbocycles. The highest BCUT2D eigenvalue weighted by Gasteiger charge is 2.16. The molecule has 0 aliphatic carbocycles. The first-order chi connectivity index (χ1) is 6.06. The van der Waals surface area contributed by atoms with E-state index >= 15 is 0 Å². The van der Waals surface area contributed by atoms with E-state index in [9.17, 15) is 8.78 Å². The second-order valence-electron chi connectivity index (χ2n) is 2.46. The lowest BCUT2D eigenvalue weighted by atomic mass is 10.2. The number of alkyl halides is 2. The van der Waals surface area contributed by atoms with Crippen LogP contribution < -0.4 is 4.74 Å². The first-order valence-electron chi connectivity index (χ1n) is 3.55. The lowest BCUT2D eigenvalue weighted by Gasteiger charge is -2.09. The lowest BCUT2D eigenvalue weighted by Crippen LogP contribution is -1.98. The highest BCUT2D eigenvalue weighted by molar-refractivity contribution is 9.10. The van der Waals surface area contributed by atoms with Gasteiger partial charge in [0.1, 0.15) is 16.0 Å². The summed E-state index contributed by atoms with van der Waals surface area (Å²) in [5, 5.41) is 0. The van der Waals surface area contributed by atoms with E-state index in [1.807, 2.05) is 0 Å². The Balaban J connectivity index is 3.27. The highest BCUT2D eigenvalue weighted by atomic mass is 79.9. The SMILES string of the molecule is COc1cc(Br)nc(C(F)F)c1C. The lowest BCUT2D eigenvalue weighted by molar-refractivity contribution is 0.144. The van der Waals surface area contributed by atoms with Gasteiger partial charge in [-0.25, -0.2) is 13.8 Å². The Morgan fingerprint density at radius 1 is 1.54 bits per heavy atom. The van der Waals surface area contributed by atoms with E-state index in [4.69, 9.17) is 4.74 Å². The molecule has 0 saturated heterocycles. The number of aromatic nitrogens is 1. The maximum atomic E-state index is 12.4. The molecule has 0 spiro atoms. The normalized spacial score (nSPS) is 10.6. The van der Waals surface area contributed by atoms with Crippen molar-refractivity contribution in [2.24, 2.45) is 0 Å². The molecule has 1 aromatic heterocycles. The van der Waals surface area contributed by atoms with Gasteiger partial charge in [0.15, 0.2) is 0 Å². The molecule has 0 N–H and O–H groups in total. The molecular formula is C8H8BrF2NO. The highest BCUT2D eigenvalue weighted by Crippen LogP contribution is 2.29. The standard InChI is InChI=1S/C8H8BrF2NO/c1-4-5(13-2)3-6(9)12-7(4)8(10)11/h3,8H,1-2H3. The van der Waals surface area contributed by atoms with E-state index in [2.05, 4.69) is 20.9 Å². The molecule has 1 heterocycles. The quantitative estimate of drug-likeness (QED) is 0.754. The van der Waals surface area contributed by atoms with Crippen molar-refractivity contribution in [3.05, 3.63) is 21.9 Å². The average Bonchev–Trinajstić information content (AvgIpc) is 2.08. The zero-order valence-corrected chi connectivity index (χ0v) is 8.73. The van der Waals surface area contributed by atoms with E-state index in [-0.39, 0.29) is 5.69 Å². The fourth-order valence-corrected chi connectivity index (χ4v) is 1.40. The molecule has 0 aliphatic heterocycles. The van der Waals surface area contributed by atoms with Crippen molar-refractivity contribution in [1.82, 2.24) is 4.98 Å². The molecule has 0 saturated carbocycles. The third kappa shape index (κ3) is 2.15. The zero-order valence-electron chi connectivity index (χ0n) is 7.14. The number of pyridine rings is 1. The van der Waals surface area contributed by atoms with Crippen LogP contribution in [0.5, 0.6) is 5.75 Å². The van der Waals surface area contributed by atoms with Gasteiger partial charge in [0.05, 0.1) is 7.11 Å². The van der Waals surface area contributed by atoms with Crippen molar-refractivity contribution in [3.8, 4) is 5.75 Å². The van der Waals surface area contributed by atoms with Crippen molar-refractivity contribution in [1.29, 1.82) is 0 Å². The van der Waals surface area contributed by atoms with Gasteiger partial charge < -0.3 is 4.74 Å². The summed E-state index contributed by atoms with van der Waals surface area (Å²) in [5.41, 5.74) is 0.131. The van der Waals surface area contributed by atoms with Gasteiger partial charge in [0.2, 0.25) is 0 Å². The van der Waals surface area contributed by atoms with Crippen LogP contribution >= 0.6 is 15.9 Å². The number of methoxy groups -OCH3 is 1. The molecule has 0 bridgehead atoms. The van der Waals surface area contributed by atoms with Crippen LogP contribution in [0.3, 0.4) is 0 Å². The molecule has 0 atom stereocenters. The molecule has 72 valence electrons. The van der Waals surface area contributed by atoms with Crippen molar-refractivity contribution < 1.29 is 13.5 Å². The van der Waals surface area contributed by atoms with E-state index in [1.54, 1.807) is 13.0 Å². The summed E-state index contributed by atoms with van der Waals surface area (Å²) in [5.74, 6) is 0.414. The van der Waals surface area contributed by atoms with Gasteiger partial charge in [-0.05, 0) is 22.9 Å². The predicted molar refractivity (Wildman–Crippen MR) is 48.2 cm³/mol. The molecule has 0 aliphatic rings. The monoisotopic (exact) mass is 251 g/mol. The van der Waals surface area contributed by atoms with Crippen LogP contribution in [0.1, 0.15) is 17.7 Å². The Morgan fingerprint density at radius 2 is 2.15 bits per heavy atom. The second-order valence-corrected chi connectivity index (χ2v) is 3.27. The summed E-state index contributed by atoms with van der Waals surface area (Å²) in [6.45, 7) is 1.56. The Bertz CT molecular complexity index is 317. The Morgan fingerprint density at radius 3 is 2.62 bits per heavy atom. The summed E-state index contributed by atoms with van der Waals surface area (Å²) < 4.78 is 30.0. The van der Waals surface area contributed by atoms with E-state index in [0.717, 1.165) is 0 Å². The van der Waals surface area contributed by atoms with Gasteiger partial charge in [-0.15, -0.1) is 0 Å². The van der Waals surface area contributed by atoms with E-state index < -0.39 is 6.43 Å². The fourth-order valence-electron chi connectivity index (χ4n) is 0.998. The molecule has 1 aromatic rings. The summed E-state index contributed by atoms with van der Waals surface area (Å²) in [6.07, 6.45) is -2.58. The summed E-state index contributed by atoms with van der Waals surface area (Å²) in [7, 11) is 1.43. The fraction of sp³-hybridized carbons (Fsp3) is 0.375. The molecule has 5 heteroatoms. The summed E-state index contributed by atoms with van der Waals surface area (Å²) >= 11 is 3.03. The summed E-state index contributed by atoms with van der Waals surface area (Å²) in [6, 6.07) is 1.56. The first-order valence-corrected chi connectivity index (χ1v) is 4.34. The number of rotatable bonds is 2. The average molecular weight is 252 g/mol. The predicted octanol–water partition coefficient (Wildman–Crippen LogP) is 3.10. The molecule has 1 rings (SSSR count). The van der Waals surface area contributed by atoms with Crippen molar-refractivity contribution >= 4 is 15.9 Å². The van der Waals surface area contributed by atoms with Gasteiger partial charge in [0.25, 0.3) is 6.43 Å². The van der Waals surface area contributed by atoms with Crippen LogP contribution in [0.4, 0.5) is 8.78 Å². The van der Waals surface area contributed by atoms with E-state index in [0.29, 0.717) is 15.9 Å². The first kappa shape index (κ1) is 10.4. The van der Waals surface area contributed by atoms with Gasteiger partial charge in [-0.3, -0.25) is 0 Å². The van der Waals surface area contributed by atoms with Crippen LogP contribution in [-0.4, -0.2) is 12.1 Å². The Labute approximate surface area is 83.1 Å². The second kappa shape index (κ2) is 4.00. The molecule has 0 unspecified atom stereocenters. The van der Waals surface area contributed by atoms with Crippen LogP contribution in [0.2, 0.25) is 0 Å². The van der Waals surface area contributed by atoms with Crippen LogP contribution in [0.25, 0.3) is 0 Å². The van der Waals surface area contributed by atoms with Gasteiger partial charge in [-0.2, -0.15) is 0 Å². The number of nitrogens with zero attached hydrogens (tertiary/aromatic N) is 1. The molecule has 0 radical (unpaired) electrons. The Kier molecular flexibility index (Phi) is 3.19. The minimum Gasteiger partial charge on any atom is -0.496 e. The van der Waals surface area contributed by atoms with Gasteiger partial charge in [0, 0.05) is 11.6 Å². The largest absolute Gasteiger partial charge is 0.496 e. The number of ether oxygens (including phenoxy) is 1. The zero-order chi connectivity index (χ0) is 10.0. The summed E-state index contributed by atoms with van der Waals surface area (Å²) in [4.78, 5) is 3.67. The maximum absolute atomic E-state index is 12.4. The third-order valence-electron chi connectivity index (χ3n) is 1.66. The van der Waals surface area contributed by atoms with E-state index in [1.165, 1.54) is 7.11 Å². The number of halogens is 3. The molecule has 0 amide bonds. The van der Waals surface area contributed by atoms with Gasteiger partial charge in [-0.1, -0.05) is 0 Å². The third-order valence-corrected chi connectivity index (χ3v) is 2.06. The molecular weight excluding hydrogens is 244 g/mol. The van der Waals surface area contributed by atoms with Crippen LogP contribution in [0, 0.1) is 6.92 Å². The number of hydrogen-bond acceptors (Lipinski definition) is 2. The minimum atomic E-state index is -2.58. The van der Waals surface area contributed by atoms with Gasteiger partial charge >= 0.3 is 0 Å².